The van der Waals surface area contributed by atoms with E-state index in [9.17, 15) is 4.79 Å². The van der Waals surface area contributed by atoms with Gasteiger partial charge in [-0.2, -0.15) is 0 Å². The normalized spacial score (nSPS) is 15.8. The maximum absolute atomic E-state index is 10.9. The summed E-state index contributed by atoms with van der Waals surface area (Å²) in [5.41, 5.74) is 0. The molecule has 0 aromatic carbocycles. The molecule has 0 atom stereocenters. The monoisotopic (exact) mass is 213 g/mol. The number of esters is 1. The first-order chi connectivity index (χ1) is 7.33. The van der Waals surface area contributed by atoms with E-state index in [4.69, 9.17) is 9.47 Å². The first-order valence-electron chi connectivity index (χ1n) is 5.44. The van der Waals surface area contributed by atoms with Gasteiger partial charge in [0.15, 0.2) is 0 Å². The molecule has 4 nitrogen and oxygen atoms in total. The van der Waals surface area contributed by atoms with E-state index < -0.39 is 0 Å². The second kappa shape index (κ2) is 7.43. The molecular weight excluding hydrogens is 194 g/mol. The number of hydrogen-bond acceptors (Lipinski definition) is 4. The van der Waals surface area contributed by atoms with Crippen molar-refractivity contribution in [2.45, 2.75) is 25.8 Å². The molecule has 0 unspecified atom stereocenters. The molecule has 0 aliphatic heterocycles. The maximum atomic E-state index is 10.9. The van der Waals surface area contributed by atoms with Gasteiger partial charge in [-0.05, 0) is 19.8 Å². The molecule has 0 saturated heterocycles. The summed E-state index contributed by atoms with van der Waals surface area (Å²) in [5, 5.41) is 3.35. The van der Waals surface area contributed by atoms with Crippen molar-refractivity contribution in [3.05, 3.63) is 12.2 Å². The average molecular weight is 213 g/mol. The Bertz CT molecular complexity index is 208. The molecule has 0 heterocycles. The Labute approximate surface area is 90.6 Å². The first kappa shape index (κ1) is 12.2. The molecule has 15 heavy (non-hydrogen) atoms. The Morgan fingerprint density at radius 2 is 2.20 bits per heavy atom. The van der Waals surface area contributed by atoms with E-state index in [1.807, 2.05) is 0 Å². The van der Waals surface area contributed by atoms with Crippen LogP contribution in [0.5, 0.6) is 0 Å². The summed E-state index contributed by atoms with van der Waals surface area (Å²) in [7, 11) is 0. The summed E-state index contributed by atoms with van der Waals surface area (Å²) in [6.45, 7) is 3.58. The van der Waals surface area contributed by atoms with Crippen LogP contribution in [0.1, 0.15) is 19.8 Å². The van der Waals surface area contributed by atoms with Crippen LogP contribution in [0.3, 0.4) is 0 Å². The lowest BCUT2D eigenvalue weighted by Crippen LogP contribution is -2.30. The average Bonchev–Trinajstić information content (AvgIpc) is 2.70. The van der Waals surface area contributed by atoms with E-state index >= 15 is 0 Å². The molecule has 1 aliphatic carbocycles. The van der Waals surface area contributed by atoms with Gasteiger partial charge in [0.25, 0.3) is 0 Å². The van der Waals surface area contributed by atoms with Crippen LogP contribution in [0.2, 0.25) is 0 Å². The highest BCUT2D eigenvalue weighted by atomic mass is 16.6. The Kier molecular flexibility index (Phi) is 6.04. The molecule has 0 aromatic heterocycles. The molecule has 0 fully saturated rings. The van der Waals surface area contributed by atoms with Crippen molar-refractivity contribution in [1.29, 1.82) is 0 Å². The molecule has 0 spiro atoms. The Hall–Kier alpha value is -0.870. The lowest BCUT2D eigenvalue weighted by atomic mass is 10.2. The van der Waals surface area contributed by atoms with Gasteiger partial charge in [0, 0.05) is 12.6 Å². The molecule has 0 saturated carbocycles. The molecule has 0 bridgehead atoms. The van der Waals surface area contributed by atoms with Crippen LogP contribution in [-0.4, -0.2) is 38.4 Å². The maximum Gasteiger partial charge on any atom is 0.332 e. The molecule has 86 valence electrons. The number of ether oxygens (including phenoxy) is 2. The van der Waals surface area contributed by atoms with Gasteiger partial charge in [-0.1, -0.05) is 12.2 Å². The van der Waals surface area contributed by atoms with Gasteiger partial charge in [0.1, 0.15) is 6.61 Å². The molecular formula is C11H19NO3. The lowest BCUT2D eigenvalue weighted by Gasteiger charge is -2.11. The topological polar surface area (TPSA) is 47.6 Å². The zero-order valence-corrected chi connectivity index (χ0v) is 9.20. The summed E-state index contributed by atoms with van der Waals surface area (Å²) < 4.78 is 9.88. The minimum absolute atomic E-state index is 0.0540. The van der Waals surface area contributed by atoms with Gasteiger partial charge < -0.3 is 14.8 Å². The van der Waals surface area contributed by atoms with Crippen LogP contribution in [0, 0.1) is 0 Å². The summed E-state index contributed by atoms with van der Waals surface area (Å²) >= 11 is 0. The van der Waals surface area contributed by atoms with Gasteiger partial charge in [-0.15, -0.1) is 0 Å². The van der Waals surface area contributed by atoms with Crippen molar-refractivity contribution in [2.24, 2.45) is 0 Å². The fourth-order valence-corrected chi connectivity index (χ4v) is 1.48. The second-order valence-corrected chi connectivity index (χ2v) is 3.45. The van der Waals surface area contributed by atoms with E-state index in [2.05, 4.69) is 17.5 Å². The van der Waals surface area contributed by atoms with Crippen molar-refractivity contribution in [2.75, 3.05) is 26.4 Å². The number of nitrogens with one attached hydrogen (secondary N) is 1. The fourth-order valence-electron chi connectivity index (χ4n) is 1.48. The Morgan fingerprint density at radius 1 is 1.47 bits per heavy atom. The van der Waals surface area contributed by atoms with Crippen molar-refractivity contribution in [1.82, 2.24) is 5.32 Å². The zero-order chi connectivity index (χ0) is 10.9. The second-order valence-electron chi connectivity index (χ2n) is 3.45. The van der Waals surface area contributed by atoms with Gasteiger partial charge >= 0.3 is 5.97 Å². The molecule has 1 aliphatic rings. The predicted molar refractivity (Wildman–Crippen MR) is 57.6 cm³/mol. The standard InChI is InChI=1S/C11H19NO3/c1-2-15-11(13)9-14-8-7-12-10-5-3-4-6-10/h3-4,10,12H,2,5-9H2,1H3. The van der Waals surface area contributed by atoms with Crippen molar-refractivity contribution in [3.8, 4) is 0 Å². The SMILES string of the molecule is CCOC(=O)COCCNC1CC=CC1. The quantitative estimate of drug-likeness (QED) is 0.387. The Balaban J connectivity index is 1.86. The third-order valence-electron chi connectivity index (χ3n) is 2.21. The Morgan fingerprint density at radius 3 is 2.87 bits per heavy atom. The van der Waals surface area contributed by atoms with E-state index in [1.165, 1.54) is 0 Å². The minimum Gasteiger partial charge on any atom is -0.464 e. The minimum atomic E-state index is -0.292. The molecule has 1 rings (SSSR count). The van der Waals surface area contributed by atoms with E-state index in [0.717, 1.165) is 19.4 Å². The van der Waals surface area contributed by atoms with Gasteiger partial charge in [-0.25, -0.2) is 4.79 Å². The molecule has 0 radical (unpaired) electrons. The van der Waals surface area contributed by atoms with Gasteiger partial charge in [-0.3, -0.25) is 0 Å². The zero-order valence-electron chi connectivity index (χ0n) is 9.20. The predicted octanol–water partition coefficient (Wildman–Crippen LogP) is 0.874. The summed E-state index contributed by atoms with van der Waals surface area (Å²) in [6, 6.07) is 0.552. The number of carbonyl (C=O) groups excluding carboxylic acids is 1. The van der Waals surface area contributed by atoms with Crippen LogP contribution in [0.4, 0.5) is 0 Å². The number of hydrogen-bond donors (Lipinski definition) is 1. The number of carbonyl (C=O) groups is 1. The molecule has 0 aromatic rings. The van der Waals surface area contributed by atoms with E-state index in [1.54, 1.807) is 6.92 Å². The molecule has 0 amide bonds. The highest BCUT2D eigenvalue weighted by Crippen LogP contribution is 2.08. The third kappa shape index (κ3) is 5.54. The summed E-state index contributed by atoms with van der Waals surface area (Å²) in [6.07, 6.45) is 6.55. The van der Waals surface area contributed by atoms with Crippen molar-refractivity contribution < 1.29 is 14.3 Å². The van der Waals surface area contributed by atoms with Crippen LogP contribution in [-0.2, 0) is 14.3 Å². The summed E-state index contributed by atoms with van der Waals surface area (Å²) in [4.78, 5) is 10.9. The molecule has 4 heteroatoms. The van der Waals surface area contributed by atoms with Gasteiger partial charge in [0.2, 0.25) is 0 Å². The largest absolute Gasteiger partial charge is 0.464 e. The lowest BCUT2D eigenvalue weighted by molar-refractivity contribution is -0.148. The van der Waals surface area contributed by atoms with Crippen molar-refractivity contribution >= 4 is 5.97 Å². The fraction of sp³-hybridized carbons (Fsp3) is 0.727. The highest BCUT2D eigenvalue weighted by molar-refractivity contribution is 5.70. The van der Waals surface area contributed by atoms with Crippen molar-refractivity contribution in [3.63, 3.8) is 0 Å². The smallest absolute Gasteiger partial charge is 0.332 e. The van der Waals surface area contributed by atoms with Crippen LogP contribution < -0.4 is 5.32 Å². The van der Waals surface area contributed by atoms with Crippen LogP contribution in [0.25, 0.3) is 0 Å². The van der Waals surface area contributed by atoms with Crippen LogP contribution in [0.15, 0.2) is 12.2 Å². The summed E-state index contributed by atoms with van der Waals surface area (Å²) in [5.74, 6) is -0.292. The first-order valence-corrected chi connectivity index (χ1v) is 5.44. The third-order valence-corrected chi connectivity index (χ3v) is 2.21. The van der Waals surface area contributed by atoms with E-state index in [0.29, 0.717) is 19.3 Å². The number of rotatable bonds is 7. The molecule has 1 N–H and O–H groups in total. The van der Waals surface area contributed by atoms with E-state index in [-0.39, 0.29) is 12.6 Å². The van der Waals surface area contributed by atoms with Gasteiger partial charge in [0.05, 0.1) is 13.2 Å². The highest BCUT2D eigenvalue weighted by Gasteiger charge is 2.08. The van der Waals surface area contributed by atoms with Crippen LogP contribution >= 0.6 is 0 Å².